The second-order valence-electron chi connectivity index (χ2n) is 5.77. The molecule has 2 rings (SSSR count). The van der Waals surface area contributed by atoms with Crippen molar-refractivity contribution in [3.05, 3.63) is 12.2 Å². The Bertz CT molecular complexity index is 537. The molecule has 0 aliphatic carbocycles. The Morgan fingerprint density at radius 3 is 2.57 bits per heavy atom. The zero-order chi connectivity index (χ0) is 16.8. The molecule has 1 aliphatic heterocycles. The van der Waals surface area contributed by atoms with Crippen molar-refractivity contribution in [3.63, 3.8) is 0 Å². The van der Waals surface area contributed by atoms with Crippen LogP contribution in [0, 0.1) is 0 Å². The second-order valence-corrected chi connectivity index (χ2v) is 5.77. The minimum atomic E-state index is -0.220. The van der Waals surface area contributed by atoms with Crippen LogP contribution in [-0.2, 0) is 11.8 Å². The zero-order valence-corrected chi connectivity index (χ0v) is 13.9. The lowest BCUT2D eigenvalue weighted by Crippen LogP contribution is -2.50. The zero-order valence-electron chi connectivity index (χ0n) is 13.9. The first-order valence-electron chi connectivity index (χ1n) is 7.83. The maximum Gasteiger partial charge on any atom is 0.315 e. The number of urea groups is 1. The molecule has 0 bridgehead atoms. The fourth-order valence-corrected chi connectivity index (χ4v) is 2.61. The molecule has 1 aliphatic rings. The summed E-state index contributed by atoms with van der Waals surface area (Å²) in [6.45, 7) is 8.01. The van der Waals surface area contributed by atoms with Gasteiger partial charge in [-0.15, -0.1) is 10.2 Å². The second kappa shape index (κ2) is 7.91. The molecule has 0 saturated carbocycles. The first kappa shape index (κ1) is 17.2. The van der Waals surface area contributed by atoms with E-state index in [2.05, 4.69) is 25.7 Å². The smallest absolute Gasteiger partial charge is 0.315 e. The normalized spacial score (nSPS) is 16.9. The van der Waals surface area contributed by atoms with Crippen molar-refractivity contribution in [1.29, 1.82) is 0 Å². The van der Waals surface area contributed by atoms with E-state index in [9.17, 15) is 9.59 Å². The van der Waals surface area contributed by atoms with E-state index in [0.717, 1.165) is 32.7 Å². The van der Waals surface area contributed by atoms with E-state index in [-0.39, 0.29) is 18.0 Å². The number of amides is 3. The summed E-state index contributed by atoms with van der Waals surface area (Å²) in [5, 5.41) is 13.5. The highest BCUT2D eigenvalue weighted by atomic mass is 16.2. The topological polar surface area (TPSA) is 95.4 Å². The average Bonchev–Trinajstić information content (AvgIpc) is 2.94. The van der Waals surface area contributed by atoms with Crippen LogP contribution >= 0.6 is 0 Å². The Hall–Kier alpha value is -2.16. The van der Waals surface area contributed by atoms with Gasteiger partial charge in [0.2, 0.25) is 5.91 Å². The first-order chi connectivity index (χ1) is 11.0. The quantitative estimate of drug-likeness (QED) is 0.750. The van der Waals surface area contributed by atoms with Crippen molar-refractivity contribution in [3.8, 4) is 0 Å². The maximum atomic E-state index is 11.9. The fraction of sp³-hybridized carbons (Fsp3) is 0.714. The van der Waals surface area contributed by atoms with Gasteiger partial charge >= 0.3 is 6.03 Å². The van der Waals surface area contributed by atoms with Gasteiger partial charge < -0.3 is 20.1 Å². The summed E-state index contributed by atoms with van der Waals surface area (Å²) >= 11 is 0. The van der Waals surface area contributed by atoms with Gasteiger partial charge in [-0.25, -0.2) is 4.79 Å². The molecule has 1 aromatic heterocycles. The van der Waals surface area contributed by atoms with Crippen molar-refractivity contribution in [2.75, 3.05) is 39.3 Å². The highest BCUT2D eigenvalue weighted by Gasteiger charge is 2.18. The van der Waals surface area contributed by atoms with E-state index in [4.69, 9.17) is 0 Å². The van der Waals surface area contributed by atoms with Crippen LogP contribution < -0.4 is 10.6 Å². The molecule has 2 heterocycles. The maximum absolute atomic E-state index is 11.9. The van der Waals surface area contributed by atoms with E-state index in [1.165, 1.54) is 0 Å². The summed E-state index contributed by atoms with van der Waals surface area (Å²) in [5.41, 5.74) is 0. The third kappa shape index (κ3) is 4.92. The van der Waals surface area contributed by atoms with E-state index < -0.39 is 0 Å². The molecular weight excluding hydrogens is 298 g/mol. The van der Waals surface area contributed by atoms with E-state index in [0.29, 0.717) is 12.4 Å². The molecule has 2 N–H and O–H groups in total. The van der Waals surface area contributed by atoms with Gasteiger partial charge in [0, 0.05) is 53.2 Å². The van der Waals surface area contributed by atoms with Crippen molar-refractivity contribution >= 4 is 11.9 Å². The molecule has 1 saturated heterocycles. The molecule has 0 spiro atoms. The molecule has 0 radical (unpaired) electrons. The molecule has 128 valence electrons. The van der Waals surface area contributed by atoms with Gasteiger partial charge in [-0.2, -0.15) is 0 Å². The van der Waals surface area contributed by atoms with Crippen LogP contribution in [-0.4, -0.2) is 75.8 Å². The summed E-state index contributed by atoms with van der Waals surface area (Å²) in [6, 6.07) is -0.426. The summed E-state index contributed by atoms with van der Waals surface area (Å²) in [5.74, 6) is 0.834. The van der Waals surface area contributed by atoms with Gasteiger partial charge in [0.05, 0.1) is 6.04 Å². The van der Waals surface area contributed by atoms with Gasteiger partial charge in [0.15, 0.2) is 5.82 Å². The van der Waals surface area contributed by atoms with Crippen LogP contribution in [0.5, 0.6) is 0 Å². The number of aryl methyl sites for hydroxylation is 1. The molecule has 9 nitrogen and oxygen atoms in total. The predicted molar refractivity (Wildman–Crippen MR) is 84.6 cm³/mol. The SMILES string of the molecule is CC(=O)N1CCN(CCNC(=O)N[C@H](C)c2nncn2C)CC1. The van der Waals surface area contributed by atoms with Gasteiger partial charge in [-0.05, 0) is 6.92 Å². The van der Waals surface area contributed by atoms with Crippen molar-refractivity contribution in [2.45, 2.75) is 19.9 Å². The number of carbonyl (C=O) groups excluding carboxylic acids is 2. The van der Waals surface area contributed by atoms with Gasteiger partial charge in [-0.3, -0.25) is 9.69 Å². The summed E-state index contributed by atoms with van der Waals surface area (Å²) < 4.78 is 1.78. The van der Waals surface area contributed by atoms with Gasteiger partial charge in [0.25, 0.3) is 0 Å². The minimum Gasteiger partial charge on any atom is -0.340 e. The third-order valence-corrected chi connectivity index (χ3v) is 4.01. The number of nitrogens with one attached hydrogen (secondary N) is 2. The monoisotopic (exact) mass is 323 g/mol. The lowest BCUT2D eigenvalue weighted by Gasteiger charge is -2.34. The Labute approximate surface area is 136 Å². The molecule has 0 unspecified atom stereocenters. The average molecular weight is 323 g/mol. The number of nitrogens with zero attached hydrogens (tertiary/aromatic N) is 5. The first-order valence-corrected chi connectivity index (χ1v) is 7.83. The molecule has 23 heavy (non-hydrogen) atoms. The van der Waals surface area contributed by atoms with Crippen LogP contribution in [0.2, 0.25) is 0 Å². The van der Waals surface area contributed by atoms with Crippen molar-refractivity contribution < 1.29 is 9.59 Å². The lowest BCUT2D eigenvalue weighted by atomic mass is 10.3. The number of piperazine rings is 1. The highest BCUT2D eigenvalue weighted by Crippen LogP contribution is 2.06. The van der Waals surface area contributed by atoms with Crippen LogP contribution in [0.3, 0.4) is 0 Å². The van der Waals surface area contributed by atoms with Crippen LogP contribution in [0.25, 0.3) is 0 Å². The van der Waals surface area contributed by atoms with E-state index in [1.54, 1.807) is 17.8 Å². The predicted octanol–water partition coefficient (Wildman–Crippen LogP) is -0.661. The molecule has 1 atom stereocenters. The standard InChI is InChI=1S/C14H25N7O2/c1-11(13-18-16-10-19(13)3)17-14(23)15-4-5-20-6-8-21(9-7-20)12(2)22/h10-11H,4-9H2,1-3H3,(H2,15,17,23)/t11-/m1/s1. The molecular formula is C14H25N7O2. The summed E-state index contributed by atoms with van der Waals surface area (Å²) in [4.78, 5) is 27.2. The number of aromatic nitrogens is 3. The Morgan fingerprint density at radius 1 is 1.30 bits per heavy atom. The van der Waals surface area contributed by atoms with Crippen LogP contribution in [0.15, 0.2) is 6.33 Å². The summed E-state index contributed by atoms with van der Waals surface area (Å²) in [6.07, 6.45) is 1.60. The fourth-order valence-electron chi connectivity index (χ4n) is 2.61. The number of hydrogen-bond donors (Lipinski definition) is 2. The minimum absolute atomic E-state index is 0.125. The van der Waals surface area contributed by atoms with Crippen LogP contribution in [0.1, 0.15) is 25.7 Å². The number of carbonyl (C=O) groups is 2. The van der Waals surface area contributed by atoms with Gasteiger partial charge in [0.1, 0.15) is 6.33 Å². The van der Waals surface area contributed by atoms with E-state index in [1.807, 2.05) is 18.9 Å². The third-order valence-electron chi connectivity index (χ3n) is 4.01. The highest BCUT2D eigenvalue weighted by molar-refractivity contribution is 5.74. The number of rotatable bonds is 5. The molecule has 3 amide bonds. The van der Waals surface area contributed by atoms with Crippen LogP contribution in [0.4, 0.5) is 4.79 Å². The van der Waals surface area contributed by atoms with Gasteiger partial charge in [-0.1, -0.05) is 0 Å². The van der Waals surface area contributed by atoms with E-state index >= 15 is 0 Å². The van der Waals surface area contributed by atoms with Crippen molar-refractivity contribution in [2.24, 2.45) is 7.05 Å². The molecule has 1 fully saturated rings. The lowest BCUT2D eigenvalue weighted by molar-refractivity contribution is -0.130. The summed E-state index contributed by atoms with van der Waals surface area (Å²) in [7, 11) is 1.84. The largest absolute Gasteiger partial charge is 0.340 e. The molecule has 9 heteroatoms. The molecule has 1 aromatic rings. The molecule has 0 aromatic carbocycles. The Kier molecular flexibility index (Phi) is 5.91. The Morgan fingerprint density at radius 2 is 2.00 bits per heavy atom. The van der Waals surface area contributed by atoms with Crippen molar-refractivity contribution in [1.82, 2.24) is 35.2 Å². The number of hydrogen-bond acceptors (Lipinski definition) is 5. The Balaban J connectivity index is 1.64.